The smallest absolute Gasteiger partial charge is 0.191 e. The molecule has 0 amide bonds. The summed E-state index contributed by atoms with van der Waals surface area (Å²) in [7, 11) is 1.88. The third kappa shape index (κ3) is 5.74. The van der Waals surface area contributed by atoms with Crippen LogP contribution >= 0.6 is 0 Å². The van der Waals surface area contributed by atoms with E-state index in [0.29, 0.717) is 6.04 Å². The van der Waals surface area contributed by atoms with Crippen molar-refractivity contribution in [3.05, 3.63) is 11.6 Å². The van der Waals surface area contributed by atoms with Crippen molar-refractivity contribution in [3.63, 3.8) is 0 Å². The number of hydrogen-bond acceptors (Lipinski definition) is 4. The van der Waals surface area contributed by atoms with Crippen LogP contribution in [0.25, 0.3) is 0 Å². The number of nitrogens with zero attached hydrogens (tertiary/aromatic N) is 5. The van der Waals surface area contributed by atoms with Crippen molar-refractivity contribution in [2.75, 3.05) is 26.7 Å². The maximum atomic E-state index is 4.46. The van der Waals surface area contributed by atoms with Crippen LogP contribution in [0.1, 0.15) is 82.3 Å². The van der Waals surface area contributed by atoms with E-state index in [2.05, 4.69) is 35.3 Å². The number of piperidine rings is 1. The first-order valence-electron chi connectivity index (χ1n) is 12.5. The zero-order chi connectivity index (χ0) is 20.6. The van der Waals surface area contributed by atoms with Crippen molar-refractivity contribution >= 4 is 5.96 Å². The van der Waals surface area contributed by atoms with Gasteiger partial charge in [0.15, 0.2) is 5.96 Å². The van der Waals surface area contributed by atoms with Crippen molar-refractivity contribution in [2.45, 2.75) is 102 Å². The van der Waals surface area contributed by atoms with Crippen LogP contribution in [-0.4, -0.2) is 64.4 Å². The lowest BCUT2D eigenvalue weighted by Gasteiger charge is -2.39. The summed E-state index contributed by atoms with van der Waals surface area (Å²) >= 11 is 0. The average molecular weight is 416 g/mol. The topological polar surface area (TPSA) is 70.4 Å². The van der Waals surface area contributed by atoms with Crippen LogP contribution in [-0.2, 0) is 19.4 Å². The normalized spacial score (nSPS) is 22.5. The average Bonchev–Trinajstić information content (AvgIpc) is 3.02. The molecule has 1 aromatic heterocycles. The molecule has 1 aromatic rings. The van der Waals surface area contributed by atoms with Gasteiger partial charge in [-0.2, -0.15) is 0 Å². The predicted molar refractivity (Wildman–Crippen MR) is 122 cm³/mol. The lowest BCUT2D eigenvalue weighted by molar-refractivity contribution is 0.119. The van der Waals surface area contributed by atoms with Gasteiger partial charge in [0, 0.05) is 58.2 Å². The molecule has 0 unspecified atom stereocenters. The summed E-state index contributed by atoms with van der Waals surface area (Å²) in [6.45, 7) is 4.48. The van der Waals surface area contributed by atoms with Crippen molar-refractivity contribution in [3.8, 4) is 0 Å². The highest BCUT2D eigenvalue weighted by Crippen LogP contribution is 2.25. The van der Waals surface area contributed by atoms with E-state index in [1.165, 1.54) is 83.1 Å². The number of fused-ring (bicyclic) bond motifs is 1. The fourth-order valence-electron chi connectivity index (χ4n) is 5.43. The number of aromatic nitrogens is 3. The van der Waals surface area contributed by atoms with Gasteiger partial charge in [-0.3, -0.25) is 4.99 Å². The molecule has 1 saturated carbocycles. The zero-order valence-electron chi connectivity index (χ0n) is 18.9. The molecule has 7 heteroatoms. The Kier molecular flexibility index (Phi) is 8.01. The number of guanidine groups is 1. The van der Waals surface area contributed by atoms with Crippen LogP contribution in [0.3, 0.4) is 0 Å². The van der Waals surface area contributed by atoms with E-state index in [1.54, 1.807) is 0 Å². The third-order valence-electron chi connectivity index (χ3n) is 7.24. The van der Waals surface area contributed by atoms with Crippen molar-refractivity contribution in [1.29, 1.82) is 0 Å². The minimum absolute atomic E-state index is 0.545. The number of likely N-dealkylation sites (tertiary alicyclic amines) is 1. The lowest BCUT2D eigenvalue weighted by atomic mass is 9.92. The van der Waals surface area contributed by atoms with Gasteiger partial charge in [-0.25, -0.2) is 0 Å². The van der Waals surface area contributed by atoms with E-state index in [9.17, 15) is 0 Å². The molecule has 168 valence electrons. The Morgan fingerprint density at radius 1 is 0.967 bits per heavy atom. The van der Waals surface area contributed by atoms with Crippen LogP contribution in [0, 0.1) is 0 Å². The Hall–Kier alpha value is -1.63. The molecule has 3 heterocycles. The molecular formula is C23H41N7. The molecule has 1 saturated heterocycles. The first-order chi connectivity index (χ1) is 14.8. The molecule has 30 heavy (non-hydrogen) atoms. The van der Waals surface area contributed by atoms with Gasteiger partial charge in [-0.05, 0) is 44.9 Å². The molecule has 4 rings (SSSR count). The summed E-state index contributed by atoms with van der Waals surface area (Å²) < 4.78 is 2.36. The van der Waals surface area contributed by atoms with E-state index in [4.69, 9.17) is 0 Å². The van der Waals surface area contributed by atoms with Crippen LogP contribution in [0.5, 0.6) is 0 Å². The number of nitrogens with one attached hydrogen (secondary N) is 2. The van der Waals surface area contributed by atoms with Gasteiger partial charge >= 0.3 is 0 Å². The SMILES string of the molecule is CN=C(NCCCc1nnc2n1CCCCC2)NC1CCN(C2CCCCC2)CC1. The zero-order valence-corrected chi connectivity index (χ0v) is 18.9. The molecule has 2 aliphatic heterocycles. The molecular weight excluding hydrogens is 374 g/mol. The molecule has 0 aromatic carbocycles. The number of rotatable bonds is 6. The molecule has 0 spiro atoms. The molecule has 3 aliphatic rings. The van der Waals surface area contributed by atoms with Crippen LogP contribution in [0.4, 0.5) is 0 Å². The molecule has 0 radical (unpaired) electrons. The van der Waals surface area contributed by atoms with Gasteiger partial charge in [0.25, 0.3) is 0 Å². The van der Waals surface area contributed by atoms with E-state index < -0.39 is 0 Å². The summed E-state index contributed by atoms with van der Waals surface area (Å²) in [5.74, 6) is 3.30. The second-order valence-electron chi connectivity index (χ2n) is 9.34. The Bertz CT molecular complexity index is 669. The number of hydrogen-bond donors (Lipinski definition) is 2. The lowest BCUT2D eigenvalue weighted by Crippen LogP contribution is -2.51. The first kappa shape index (κ1) is 21.6. The van der Waals surface area contributed by atoms with Crippen LogP contribution < -0.4 is 10.6 Å². The number of aryl methyl sites for hydroxylation is 2. The molecule has 0 bridgehead atoms. The molecule has 1 aliphatic carbocycles. The van der Waals surface area contributed by atoms with Crippen LogP contribution in [0.15, 0.2) is 4.99 Å². The fraction of sp³-hybridized carbons (Fsp3) is 0.870. The van der Waals surface area contributed by atoms with Crippen molar-refractivity contribution < 1.29 is 0 Å². The highest BCUT2D eigenvalue weighted by atomic mass is 15.3. The summed E-state index contributed by atoms with van der Waals surface area (Å²) in [6, 6.07) is 1.40. The summed E-state index contributed by atoms with van der Waals surface area (Å²) in [5.41, 5.74) is 0. The van der Waals surface area contributed by atoms with Crippen LogP contribution in [0.2, 0.25) is 0 Å². The monoisotopic (exact) mass is 415 g/mol. The minimum atomic E-state index is 0.545. The van der Waals surface area contributed by atoms with Gasteiger partial charge in [0.2, 0.25) is 0 Å². The van der Waals surface area contributed by atoms with Gasteiger partial charge in [0.1, 0.15) is 11.6 Å². The minimum Gasteiger partial charge on any atom is -0.356 e. The second kappa shape index (κ2) is 11.1. The van der Waals surface area contributed by atoms with Crippen molar-refractivity contribution in [1.82, 2.24) is 30.3 Å². The maximum Gasteiger partial charge on any atom is 0.191 e. The fourth-order valence-corrected chi connectivity index (χ4v) is 5.43. The first-order valence-corrected chi connectivity index (χ1v) is 12.5. The Labute approximate surface area is 182 Å². The Morgan fingerprint density at radius 3 is 2.57 bits per heavy atom. The maximum absolute atomic E-state index is 4.46. The van der Waals surface area contributed by atoms with E-state index >= 15 is 0 Å². The standard InChI is InChI=1S/C23H41N7/c1-24-23(26-19-13-17-29(18-14-19)20-9-4-2-5-10-20)25-15-8-12-22-28-27-21-11-6-3-7-16-30(21)22/h19-20H,2-18H2,1H3,(H2,24,25,26). The van der Waals surface area contributed by atoms with Crippen molar-refractivity contribution in [2.24, 2.45) is 4.99 Å². The largest absolute Gasteiger partial charge is 0.356 e. The highest BCUT2D eigenvalue weighted by molar-refractivity contribution is 5.79. The van der Waals surface area contributed by atoms with Gasteiger partial charge in [-0.15, -0.1) is 10.2 Å². The van der Waals surface area contributed by atoms with Gasteiger partial charge in [-0.1, -0.05) is 25.7 Å². The van der Waals surface area contributed by atoms with Gasteiger partial charge in [0.05, 0.1) is 0 Å². The molecule has 0 atom stereocenters. The summed E-state index contributed by atoms with van der Waals surface area (Å²) in [6.07, 6.45) is 16.5. The number of aliphatic imine (C=N–C) groups is 1. The second-order valence-corrected chi connectivity index (χ2v) is 9.34. The molecule has 2 fully saturated rings. The van der Waals surface area contributed by atoms with E-state index in [-0.39, 0.29) is 0 Å². The Balaban J connectivity index is 1.15. The van der Waals surface area contributed by atoms with E-state index in [0.717, 1.165) is 50.2 Å². The van der Waals surface area contributed by atoms with E-state index in [1.807, 2.05) is 7.05 Å². The van der Waals surface area contributed by atoms with Gasteiger partial charge < -0.3 is 20.1 Å². The predicted octanol–water partition coefficient (Wildman–Crippen LogP) is 2.90. The Morgan fingerprint density at radius 2 is 1.77 bits per heavy atom. The highest BCUT2D eigenvalue weighted by Gasteiger charge is 2.26. The quantitative estimate of drug-likeness (QED) is 0.425. The molecule has 2 N–H and O–H groups in total. The summed E-state index contributed by atoms with van der Waals surface area (Å²) in [5, 5.41) is 16.0. The third-order valence-corrected chi connectivity index (χ3v) is 7.24. The molecule has 7 nitrogen and oxygen atoms in total. The summed E-state index contributed by atoms with van der Waals surface area (Å²) in [4.78, 5) is 7.20.